The largest absolute Gasteiger partial charge is 0.573 e. The molecule has 0 aliphatic carbocycles. The Morgan fingerprint density at radius 3 is 2.41 bits per heavy atom. The lowest BCUT2D eigenvalue weighted by atomic mass is 9.76. The number of nitrogens with one attached hydrogen (secondary N) is 1. The number of hydrogen-bond donors (Lipinski definition) is 3. The number of benzene rings is 2. The molecule has 2 saturated heterocycles. The number of aliphatic carboxylic acids is 1. The van der Waals surface area contributed by atoms with Crippen LogP contribution in [0, 0.1) is 12.3 Å². The first-order chi connectivity index (χ1) is 23.1. The van der Waals surface area contributed by atoms with Gasteiger partial charge in [-0.25, -0.2) is 4.68 Å². The van der Waals surface area contributed by atoms with Crippen molar-refractivity contribution in [2.45, 2.75) is 50.9 Å². The fourth-order valence-electron chi connectivity index (χ4n) is 6.33. The number of nitrogens with two attached hydrogens (primary N) is 1. The van der Waals surface area contributed by atoms with Crippen LogP contribution in [-0.4, -0.2) is 69.0 Å². The maximum absolute atomic E-state index is 14.8. The van der Waals surface area contributed by atoms with Crippen LogP contribution in [0.2, 0.25) is 0 Å². The summed E-state index contributed by atoms with van der Waals surface area (Å²) in [6, 6.07) is 11.2. The average Bonchev–Trinajstić information content (AvgIpc) is 3.65. The number of piperidine rings is 1. The first-order valence-corrected chi connectivity index (χ1v) is 15.2. The molecule has 2 aliphatic heterocycles. The van der Waals surface area contributed by atoms with Crippen LogP contribution in [0.3, 0.4) is 0 Å². The van der Waals surface area contributed by atoms with Crippen LogP contribution in [-0.2, 0) is 4.79 Å². The molecule has 0 bridgehead atoms. The molecule has 11 nitrogen and oxygen atoms in total. The number of carboxylic acids is 1. The SMILES string of the molecule is Cc1ccn(-c2cc(-c3cccc(OC(F)(F)F)c3)ccc2C(Oc2cc(N3CCC4(CC3)CNC(C(=O)O)C4)nc(N)n2)C(F)(F)F)n1. The molecule has 4 N–H and O–H groups in total. The van der Waals surface area contributed by atoms with Gasteiger partial charge in [0.1, 0.15) is 17.6 Å². The highest BCUT2D eigenvalue weighted by Gasteiger charge is 2.46. The number of carboxylic acid groups (broad SMARTS) is 1. The third-order valence-corrected chi connectivity index (χ3v) is 8.73. The number of aryl methyl sites for hydroxylation is 1. The molecule has 1 spiro atoms. The highest BCUT2D eigenvalue weighted by Crippen LogP contribution is 2.43. The molecule has 2 aromatic heterocycles. The Morgan fingerprint density at radius 2 is 1.78 bits per heavy atom. The Hall–Kier alpha value is -5.06. The molecule has 2 atom stereocenters. The van der Waals surface area contributed by atoms with Gasteiger partial charge in [0.25, 0.3) is 0 Å². The Morgan fingerprint density at radius 1 is 1.04 bits per heavy atom. The monoisotopic (exact) mass is 691 g/mol. The van der Waals surface area contributed by atoms with Crippen LogP contribution in [0.4, 0.5) is 38.1 Å². The highest BCUT2D eigenvalue weighted by molar-refractivity contribution is 5.74. The van der Waals surface area contributed by atoms with Crippen LogP contribution in [0.5, 0.6) is 11.6 Å². The van der Waals surface area contributed by atoms with E-state index < -0.39 is 42.3 Å². The maximum atomic E-state index is 14.8. The second-order valence-corrected chi connectivity index (χ2v) is 12.2. The van der Waals surface area contributed by atoms with E-state index in [1.54, 1.807) is 13.0 Å². The van der Waals surface area contributed by atoms with Gasteiger partial charge in [0.05, 0.1) is 11.4 Å². The predicted octanol–water partition coefficient (Wildman–Crippen LogP) is 5.83. The second kappa shape index (κ2) is 12.8. The molecule has 4 heterocycles. The van der Waals surface area contributed by atoms with E-state index in [-0.39, 0.29) is 34.0 Å². The smallest absolute Gasteiger partial charge is 0.480 e. The van der Waals surface area contributed by atoms with Crippen LogP contribution in [0.1, 0.15) is 36.6 Å². The van der Waals surface area contributed by atoms with Gasteiger partial charge in [0.15, 0.2) is 0 Å². The van der Waals surface area contributed by atoms with Gasteiger partial charge in [-0.05, 0) is 67.0 Å². The first kappa shape index (κ1) is 33.8. The van der Waals surface area contributed by atoms with E-state index in [0.717, 1.165) is 12.1 Å². The van der Waals surface area contributed by atoms with Gasteiger partial charge in [0.2, 0.25) is 17.9 Å². The summed E-state index contributed by atoms with van der Waals surface area (Å²) in [4.78, 5) is 21.4. The Balaban J connectivity index is 1.31. The summed E-state index contributed by atoms with van der Waals surface area (Å²) in [5, 5.41) is 16.7. The number of nitrogens with zero attached hydrogens (tertiary/aromatic N) is 5. The highest BCUT2D eigenvalue weighted by atomic mass is 19.4. The van der Waals surface area contributed by atoms with Gasteiger partial charge in [-0.15, -0.1) is 13.2 Å². The minimum atomic E-state index is -4.97. The summed E-state index contributed by atoms with van der Waals surface area (Å²) in [5.41, 5.74) is 6.40. The lowest BCUT2D eigenvalue weighted by Crippen LogP contribution is -2.41. The van der Waals surface area contributed by atoms with Crippen molar-refractivity contribution >= 4 is 17.7 Å². The number of alkyl halides is 6. The summed E-state index contributed by atoms with van der Waals surface area (Å²) < 4.78 is 93.9. The minimum absolute atomic E-state index is 0.0384. The van der Waals surface area contributed by atoms with Gasteiger partial charge in [0, 0.05) is 37.5 Å². The van der Waals surface area contributed by atoms with E-state index in [9.17, 15) is 36.2 Å². The molecule has 0 saturated carbocycles. The van der Waals surface area contributed by atoms with Crippen LogP contribution < -0.4 is 25.4 Å². The Bertz CT molecular complexity index is 1840. The van der Waals surface area contributed by atoms with Crippen molar-refractivity contribution in [3.05, 3.63) is 72.1 Å². The van der Waals surface area contributed by atoms with Crippen molar-refractivity contribution in [3.63, 3.8) is 0 Å². The molecule has 6 rings (SSSR count). The zero-order chi connectivity index (χ0) is 35.1. The normalized spacial score (nSPS) is 18.4. The molecule has 0 radical (unpaired) electrons. The molecule has 260 valence electrons. The number of anilines is 2. The van der Waals surface area contributed by atoms with E-state index in [4.69, 9.17) is 10.5 Å². The molecule has 17 heteroatoms. The van der Waals surface area contributed by atoms with Crippen molar-refractivity contribution in [2.24, 2.45) is 5.41 Å². The van der Waals surface area contributed by atoms with E-state index in [1.165, 1.54) is 47.3 Å². The topological polar surface area (TPSA) is 141 Å². The molecular weight excluding hydrogens is 660 g/mol. The first-order valence-electron chi connectivity index (χ1n) is 15.2. The Kier molecular flexibility index (Phi) is 8.81. The third kappa shape index (κ3) is 7.66. The number of halogens is 6. The molecule has 2 unspecified atom stereocenters. The van der Waals surface area contributed by atoms with E-state index in [0.29, 0.717) is 50.2 Å². The predicted molar refractivity (Wildman–Crippen MR) is 164 cm³/mol. The molecular formula is C32H31F6N7O4. The van der Waals surface area contributed by atoms with Gasteiger partial charge in [-0.1, -0.05) is 24.3 Å². The van der Waals surface area contributed by atoms with Crippen molar-refractivity contribution in [3.8, 4) is 28.4 Å². The fraction of sp³-hybridized carbons (Fsp3) is 0.375. The molecule has 2 fully saturated rings. The van der Waals surface area contributed by atoms with Crippen LogP contribution >= 0.6 is 0 Å². The zero-order valence-electron chi connectivity index (χ0n) is 25.9. The number of aromatic nitrogens is 4. The molecule has 49 heavy (non-hydrogen) atoms. The maximum Gasteiger partial charge on any atom is 0.573 e. The average molecular weight is 692 g/mol. The van der Waals surface area contributed by atoms with Gasteiger partial charge in [-0.3, -0.25) is 4.79 Å². The summed E-state index contributed by atoms with van der Waals surface area (Å²) >= 11 is 0. The van der Waals surface area contributed by atoms with Crippen LogP contribution in [0.25, 0.3) is 16.8 Å². The van der Waals surface area contributed by atoms with Crippen molar-refractivity contribution in [1.82, 2.24) is 25.1 Å². The van der Waals surface area contributed by atoms with E-state index in [2.05, 4.69) is 25.1 Å². The Labute approximate surface area is 275 Å². The third-order valence-electron chi connectivity index (χ3n) is 8.73. The molecule has 0 amide bonds. The number of carbonyl (C=O) groups is 1. The van der Waals surface area contributed by atoms with E-state index >= 15 is 0 Å². The summed E-state index contributed by atoms with van der Waals surface area (Å²) in [6.45, 7) is 3.13. The lowest BCUT2D eigenvalue weighted by Gasteiger charge is -2.39. The van der Waals surface area contributed by atoms with Gasteiger partial charge < -0.3 is 30.5 Å². The number of rotatable bonds is 8. The summed E-state index contributed by atoms with van der Waals surface area (Å²) in [7, 11) is 0. The van der Waals surface area contributed by atoms with E-state index in [1.807, 2.05) is 4.90 Å². The number of hydrogen-bond acceptors (Lipinski definition) is 9. The van der Waals surface area contributed by atoms with Crippen molar-refractivity contribution < 1.29 is 45.7 Å². The fourth-order valence-corrected chi connectivity index (χ4v) is 6.33. The second-order valence-electron chi connectivity index (χ2n) is 12.2. The molecule has 4 aromatic rings. The van der Waals surface area contributed by atoms with Crippen molar-refractivity contribution in [1.29, 1.82) is 0 Å². The van der Waals surface area contributed by atoms with Crippen LogP contribution in [0.15, 0.2) is 60.8 Å². The standard InChI is InChI=1S/C32H31F6N7O4/c1-18-7-10-45(43-18)24-14-20(19-3-2-4-21(13-19)49-32(36,37)38)5-6-22(24)27(31(33,34)35)48-26-15-25(41-29(39)42-26)44-11-8-30(9-12-44)16-23(28(46)47)40-17-30/h2-7,10,13-15,23,27,40H,8-9,11-12,16-17H2,1H3,(H,46,47)(H2,39,41,42). The van der Waals surface area contributed by atoms with Gasteiger partial charge in [-0.2, -0.15) is 28.2 Å². The lowest BCUT2D eigenvalue weighted by molar-refractivity contribution is -0.274. The van der Waals surface area contributed by atoms with Crippen molar-refractivity contribution in [2.75, 3.05) is 30.3 Å². The number of nitrogen functional groups attached to an aromatic ring is 1. The quantitative estimate of drug-likeness (QED) is 0.193. The summed E-state index contributed by atoms with van der Waals surface area (Å²) in [6.07, 6.45) is -9.25. The molecule has 2 aromatic carbocycles. The molecule has 2 aliphatic rings. The van der Waals surface area contributed by atoms with Gasteiger partial charge >= 0.3 is 18.5 Å². The summed E-state index contributed by atoms with van der Waals surface area (Å²) in [5.74, 6) is -1.87. The minimum Gasteiger partial charge on any atom is -0.480 e. The zero-order valence-corrected chi connectivity index (χ0v) is 25.9. The number of ether oxygens (including phenoxy) is 2.